The smallest absolute Gasteiger partial charge is 0.0595 e. The lowest BCUT2D eigenvalue weighted by Gasteiger charge is -2.02. The van der Waals surface area contributed by atoms with Gasteiger partial charge in [0, 0.05) is 15.1 Å². The summed E-state index contributed by atoms with van der Waals surface area (Å²) in [7, 11) is 0. The minimum absolute atomic E-state index is 0.789. The first kappa shape index (κ1) is 10.5. The second-order valence-corrected chi connectivity index (χ2v) is 4.33. The summed E-state index contributed by atoms with van der Waals surface area (Å²) in [5.74, 6) is 6.62. The predicted octanol–water partition coefficient (Wildman–Crippen LogP) is 3.15. The largest absolute Gasteiger partial charge is 0.398 e. The molecule has 1 aromatic carbocycles. The molecule has 0 aliphatic rings. The Balaban J connectivity index is 2.73. The minimum atomic E-state index is 0.789. The standard InChI is InChI=1S/C10H10BrNS/c1-2-3-6-13-10-7-8(11)4-5-9(10)12/h4-5,7H,6,12H2,1H3. The van der Waals surface area contributed by atoms with Gasteiger partial charge in [0.05, 0.1) is 5.75 Å². The molecule has 0 fully saturated rings. The highest BCUT2D eigenvalue weighted by Crippen LogP contribution is 2.27. The number of thioether (sulfide) groups is 1. The van der Waals surface area contributed by atoms with Crippen LogP contribution in [0.3, 0.4) is 0 Å². The van der Waals surface area contributed by atoms with E-state index in [-0.39, 0.29) is 0 Å². The SMILES string of the molecule is CC#CCSc1cc(Br)ccc1N. The van der Waals surface area contributed by atoms with Gasteiger partial charge >= 0.3 is 0 Å². The van der Waals surface area contributed by atoms with Gasteiger partial charge < -0.3 is 5.73 Å². The number of nitrogen functional groups attached to an aromatic ring is 1. The topological polar surface area (TPSA) is 26.0 Å². The molecule has 0 saturated carbocycles. The van der Waals surface area contributed by atoms with Crippen LogP contribution in [0, 0.1) is 11.8 Å². The van der Waals surface area contributed by atoms with Crippen molar-refractivity contribution in [3.05, 3.63) is 22.7 Å². The van der Waals surface area contributed by atoms with Gasteiger partial charge in [-0.1, -0.05) is 21.9 Å². The lowest BCUT2D eigenvalue weighted by atomic mass is 10.3. The van der Waals surface area contributed by atoms with Crippen molar-refractivity contribution in [2.75, 3.05) is 11.5 Å². The average molecular weight is 256 g/mol. The summed E-state index contributed by atoms with van der Waals surface area (Å²) in [4.78, 5) is 1.08. The fourth-order valence-electron chi connectivity index (χ4n) is 0.819. The van der Waals surface area contributed by atoms with Crippen molar-refractivity contribution in [3.8, 4) is 11.8 Å². The molecule has 0 bridgehead atoms. The van der Waals surface area contributed by atoms with Gasteiger partial charge in [-0.15, -0.1) is 17.7 Å². The van der Waals surface area contributed by atoms with Gasteiger partial charge in [0.1, 0.15) is 0 Å². The molecule has 0 saturated heterocycles. The zero-order valence-corrected chi connectivity index (χ0v) is 9.71. The molecule has 0 radical (unpaired) electrons. The number of nitrogens with two attached hydrogens (primary N) is 1. The molecule has 68 valence electrons. The molecule has 1 rings (SSSR count). The summed E-state index contributed by atoms with van der Waals surface area (Å²) in [6.07, 6.45) is 0. The zero-order chi connectivity index (χ0) is 9.68. The first-order chi connectivity index (χ1) is 6.24. The highest BCUT2D eigenvalue weighted by Gasteiger charge is 1.98. The summed E-state index contributed by atoms with van der Waals surface area (Å²) in [6.45, 7) is 1.84. The van der Waals surface area contributed by atoms with Crippen LogP contribution in [0.2, 0.25) is 0 Å². The summed E-state index contributed by atoms with van der Waals surface area (Å²) in [6, 6.07) is 5.84. The molecule has 0 amide bonds. The average Bonchev–Trinajstić information content (AvgIpc) is 2.11. The molecule has 0 aliphatic heterocycles. The van der Waals surface area contributed by atoms with Crippen molar-refractivity contribution in [2.24, 2.45) is 0 Å². The molecular weight excluding hydrogens is 246 g/mol. The number of benzene rings is 1. The van der Waals surface area contributed by atoms with Gasteiger partial charge in [-0.25, -0.2) is 0 Å². The molecule has 3 heteroatoms. The van der Waals surface area contributed by atoms with Crippen LogP contribution in [-0.2, 0) is 0 Å². The summed E-state index contributed by atoms with van der Waals surface area (Å²) in [5.41, 5.74) is 6.59. The molecule has 0 spiro atoms. The summed E-state index contributed by atoms with van der Waals surface area (Å²) in [5, 5.41) is 0. The van der Waals surface area contributed by atoms with E-state index in [2.05, 4.69) is 27.8 Å². The van der Waals surface area contributed by atoms with E-state index in [1.807, 2.05) is 25.1 Å². The van der Waals surface area contributed by atoms with Crippen molar-refractivity contribution in [2.45, 2.75) is 11.8 Å². The fraction of sp³-hybridized carbons (Fsp3) is 0.200. The number of anilines is 1. The van der Waals surface area contributed by atoms with Crippen molar-refractivity contribution >= 4 is 33.4 Å². The predicted molar refractivity (Wildman–Crippen MR) is 62.7 cm³/mol. The monoisotopic (exact) mass is 255 g/mol. The molecule has 0 heterocycles. The molecule has 1 aromatic rings. The Morgan fingerprint density at radius 3 is 3.00 bits per heavy atom. The first-order valence-corrected chi connectivity index (χ1v) is 5.59. The molecule has 0 aromatic heterocycles. The van der Waals surface area contributed by atoms with E-state index in [0.717, 1.165) is 20.8 Å². The Labute approximate surface area is 91.2 Å². The second kappa shape index (κ2) is 5.21. The van der Waals surface area contributed by atoms with Crippen LogP contribution in [0.1, 0.15) is 6.92 Å². The first-order valence-electron chi connectivity index (χ1n) is 3.81. The van der Waals surface area contributed by atoms with Gasteiger partial charge in [0.15, 0.2) is 0 Å². The highest BCUT2D eigenvalue weighted by molar-refractivity contribution is 9.10. The van der Waals surface area contributed by atoms with E-state index in [1.165, 1.54) is 0 Å². The number of hydrogen-bond acceptors (Lipinski definition) is 2. The molecule has 13 heavy (non-hydrogen) atoms. The number of hydrogen-bond donors (Lipinski definition) is 1. The molecule has 0 atom stereocenters. The third-order valence-electron chi connectivity index (χ3n) is 1.45. The third kappa shape index (κ3) is 3.33. The van der Waals surface area contributed by atoms with E-state index in [1.54, 1.807) is 11.8 Å². The normalized spacial score (nSPS) is 9.08. The molecule has 2 N–H and O–H groups in total. The van der Waals surface area contributed by atoms with E-state index in [9.17, 15) is 0 Å². The van der Waals surface area contributed by atoms with Gasteiger partial charge in [0.25, 0.3) is 0 Å². The maximum atomic E-state index is 5.78. The number of halogens is 1. The van der Waals surface area contributed by atoms with E-state index in [4.69, 9.17) is 5.73 Å². The fourth-order valence-corrected chi connectivity index (χ4v) is 2.15. The number of rotatable bonds is 2. The Morgan fingerprint density at radius 1 is 1.54 bits per heavy atom. The van der Waals surface area contributed by atoms with Crippen LogP contribution in [-0.4, -0.2) is 5.75 Å². The zero-order valence-electron chi connectivity index (χ0n) is 7.30. The van der Waals surface area contributed by atoms with Crippen LogP contribution < -0.4 is 5.73 Å². The Morgan fingerprint density at radius 2 is 2.31 bits per heavy atom. The van der Waals surface area contributed by atoms with Crippen LogP contribution in [0.15, 0.2) is 27.6 Å². The molecule has 1 nitrogen and oxygen atoms in total. The minimum Gasteiger partial charge on any atom is -0.398 e. The van der Waals surface area contributed by atoms with Gasteiger partial charge in [-0.3, -0.25) is 0 Å². The lowest BCUT2D eigenvalue weighted by Crippen LogP contribution is -1.88. The van der Waals surface area contributed by atoms with E-state index < -0.39 is 0 Å². The van der Waals surface area contributed by atoms with E-state index in [0.29, 0.717) is 0 Å². The van der Waals surface area contributed by atoms with Crippen molar-refractivity contribution in [1.82, 2.24) is 0 Å². The van der Waals surface area contributed by atoms with Gasteiger partial charge in [0.2, 0.25) is 0 Å². The second-order valence-electron chi connectivity index (χ2n) is 2.40. The van der Waals surface area contributed by atoms with Crippen LogP contribution >= 0.6 is 27.7 Å². The summed E-state index contributed by atoms with van der Waals surface area (Å²) >= 11 is 5.06. The van der Waals surface area contributed by atoms with Crippen molar-refractivity contribution < 1.29 is 0 Å². The summed E-state index contributed by atoms with van der Waals surface area (Å²) < 4.78 is 1.05. The highest BCUT2D eigenvalue weighted by atomic mass is 79.9. The lowest BCUT2D eigenvalue weighted by molar-refractivity contribution is 1.43. The van der Waals surface area contributed by atoms with Crippen molar-refractivity contribution in [3.63, 3.8) is 0 Å². The Bertz CT molecular complexity index is 352. The van der Waals surface area contributed by atoms with Gasteiger partial charge in [-0.05, 0) is 25.1 Å². The van der Waals surface area contributed by atoms with Crippen LogP contribution in [0.4, 0.5) is 5.69 Å². The quantitative estimate of drug-likeness (QED) is 0.499. The van der Waals surface area contributed by atoms with Gasteiger partial charge in [-0.2, -0.15) is 0 Å². The Hall–Kier alpha value is -0.590. The molecule has 0 unspecified atom stereocenters. The Kier molecular flexibility index (Phi) is 4.20. The molecule has 0 aliphatic carbocycles. The maximum absolute atomic E-state index is 5.78. The van der Waals surface area contributed by atoms with E-state index >= 15 is 0 Å². The van der Waals surface area contributed by atoms with Crippen LogP contribution in [0.5, 0.6) is 0 Å². The van der Waals surface area contributed by atoms with Crippen LogP contribution in [0.25, 0.3) is 0 Å². The third-order valence-corrected chi connectivity index (χ3v) is 2.90. The molecular formula is C10H10BrNS. The van der Waals surface area contributed by atoms with Crippen molar-refractivity contribution in [1.29, 1.82) is 0 Å². The maximum Gasteiger partial charge on any atom is 0.0595 e.